The van der Waals surface area contributed by atoms with E-state index in [1.807, 2.05) is 0 Å². The fraction of sp³-hybridized carbons (Fsp3) is 0.854. The van der Waals surface area contributed by atoms with Crippen LogP contribution in [0.15, 0.2) is 36.5 Å². The monoisotopic (exact) mass is 762 g/mol. The van der Waals surface area contributed by atoms with Gasteiger partial charge in [-0.05, 0) is 64.2 Å². The van der Waals surface area contributed by atoms with Crippen LogP contribution in [0.1, 0.15) is 232 Å². The Labute approximate surface area is 335 Å². The summed E-state index contributed by atoms with van der Waals surface area (Å²) in [6.45, 7) is 4.04. The van der Waals surface area contributed by atoms with Gasteiger partial charge in [-0.25, -0.2) is 0 Å². The van der Waals surface area contributed by atoms with Gasteiger partial charge in [0.15, 0.2) is 0 Å². The molecule has 0 saturated carbocycles. The van der Waals surface area contributed by atoms with E-state index in [9.17, 15) is 25.2 Å². The molecule has 0 aliphatic rings. The number of carbonyl (C=O) groups is 1. The lowest BCUT2D eigenvalue weighted by Gasteiger charge is -2.27. The van der Waals surface area contributed by atoms with Crippen molar-refractivity contribution in [3.05, 3.63) is 36.5 Å². The number of carbonyl (C=O) groups excluding carboxylic acids is 1. The van der Waals surface area contributed by atoms with Crippen molar-refractivity contribution in [2.24, 2.45) is 0 Å². The van der Waals surface area contributed by atoms with Crippen molar-refractivity contribution >= 4 is 5.91 Å². The largest absolute Gasteiger partial charge is 0.394 e. The SMILES string of the molecule is CCCCCCCCCCC/C=C/CC/C=C/CC/C=C/CCCC(O)C(O)C(CO)NC(=O)C(O)CCCCCCCCCCCCCCCCCC. The van der Waals surface area contributed by atoms with Crippen molar-refractivity contribution in [1.82, 2.24) is 5.32 Å². The average molecular weight is 762 g/mol. The van der Waals surface area contributed by atoms with E-state index in [0.29, 0.717) is 19.3 Å². The van der Waals surface area contributed by atoms with Crippen LogP contribution < -0.4 is 5.32 Å². The molecule has 4 unspecified atom stereocenters. The van der Waals surface area contributed by atoms with Crippen LogP contribution in [0.25, 0.3) is 0 Å². The molecule has 0 saturated heterocycles. The molecule has 0 aromatic heterocycles. The normalized spacial score (nSPS) is 14.4. The molecule has 5 N–H and O–H groups in total. The Bertz CT molecular complexity index is 858. The molecule has 0 heterocycles. The van der Waals surface area contributed by atoms with Crippen LogP contribution in [0.4, 0.5) is 0 Å². The van der Waals surface area contributed by atoms with Crippen molar-refractivity contribution < 1.29 is 25.2 Å². The molecule has 0 aliphatic carbocycles. The molecule has 0 fully saturated rings. The van der Waals surface area contributed by atoms with Gasteiger partial charge in [-0.15, -0.1) is 0 Å². The summed E-state index contributed by atoms with van der Waals surface area (Å²) in [5.41, 5.74) is 0. The Morgan fingerprint density at radius 1 is 0.444 bits per heavy atom. The van der Waals surface area contributed by atoms with Crippen LogP contribution in [0, 0.1) is 0 Å². The highest BCUT2D eigenvalue weighted by atomic mass is 16.3. The fourth-order valence-corrected chi connectivity index (χ4v) is 7.08. The van der Waals surface area contributed by atoms with Gasteiger partial charge in [0.1, 0.15) is 12.2 Å². The van der Waals surface area contributed by atoms with Gasteiger partial charge in [0.05, 0.1) is 18.8 Å². The molecule has 6 heteroatoms. The van der Waals surface area contributed by atoms with Crippen molar-refractivity contribution in [3.63, 3.8) is 0 Å². The van der Waals surface area contributed by atoms with Crippen LogP contribution in [0.3, 0.4) is 0 Å². The lowest BCUT2D eigenvalue weighted by molar-refractivity contribution is -0.132. The maximum atomic E-state index is 12.5. The van der Waals surface area contributed by atoms with E-state index < -0.39 is 36.9 Å². The number of aliphatic hydroxyl groups is 4. The van der Waals surface area contributed by atoms with Gasteiger partial charge in [0.25, 0.3) is 0 Å². The molecule has 0 rings (SSSR count). The third kappa shape index (κ3) is 36.2. The molecule has 1 amide bonds. The van der Waals surface area contributed by atoms with Gasteiger partial charge in [0.2, 0.25) is 5.91 Å². The Morgan fingerprint density at radius 2 is 0.778 bits per heavy atom. The van der Waals surface area contributed by atoms with Gasteiger partial charge in [-0.1, -0.05) is 204 Å². The second-order valence-corrected chi connectivity index (χ2v) is 16.1. The third-order valence-electron chi connectivity index (χ3n) is 10.8. The molecule has 0 radical (unpaired) electrons. The van der Waals surface area contributed by atoms with Crippen LogP contribution in [-0.2, 0) is 4.79 Å². The minimum atomic E-state index is -1.29. The van der Waals surface area contributed by atoms with E-state index in [1.54, 1.807) is 0 Å². The van der Waals surface area contributed by atoms with Crippen LogP contribution in [-0.4, -0.2) is 57.3 Å². The first-order valence-corrected chi connectivity index (χ1v) is 23.4. The molecule has 0 bridgehead atoms. The first-order chi connectivity index (χ1) is 26.5. The maximum absolute atomic E-state index is 12.5. The highest BCUT2D eigenvalue weighted by molar-refractivity contribution is 5.80. The van der Waals surface area contributed by atoms with E-state index in [4.69, 9.17) is 0 Å². The molecule has 4 atom stereocenters. The number of hydrogen-bond acceptors (Lipinski definition) is 5. The number of nitrogens with one attached hydrogen (secondary N) is 1. The average Bonchev–Trinajstić information content (AvgIpc) is 3.18. The number of amides is 1. The zero-order valence-electron chi connectivity index (χ0n) is 35.7. The topological polar surface area (TPSA) is 110 Å². The van der Waals surface area contributed by atoms with Crippen molar-refractivity contribution in [2.45, 2.75) is 257 Å². The number of rotatable bonds is 42. The van der Waals surface area contributed by atoms with Gasteiger partial charge in [-0.3, -0.25) is 4.79 Å². The molecule has 54 heavy (non-hydrogen) atoms. The van der Waals surface area contributed by atoms with E-state index in [0.717, 1.165) is 51.4 Å². The van der Waals surface area contributed by atoms with Crippen LogP contribution in [0.5, 0.6) is 0 Å². The summed E-state index contributed by atoms with van der Waals surface area (Å²) in [4.78, 5) is 12.5. The first-order valence-electron chi connectivity index (χ1n) is 23.4. The maximum Gasteiger partial charge on any atom is 0.249 e. The summed E-state index contributed by atoms with van der Waals surface area (Å²) in [6, 6.07) is -1.01. The second-order valence-electron chi connectivity index (χ2n) is 16.1. The predicted octanol–water partition coefficient (Wildman–Crippen LogP) is 12.5. The molecule has 6 nitrogen and oxygen atoms in total. The molecule has 0 aromatic rings. The van der Waals surface area contributed by atoms with Crippen LogP contribution >= 0.6 is 0 Å². The van der Waals surface area contributed by atoms with Gasteiger partial charge < -0.3 is 25.7 Å². The minimum Gasteiger partial charge on any atom is -0.394 e. The van der Waals surface area contributed by atoms with E-state index >= 15 is 0 Å². The molecule has 0 spiro atoms. The van der Waals surface area contributed by atoms with E-state index in [1.165, 1.54) is 148 Å². The first kappa shape index (κ1) is 52.5. The zero-order chi connectivity index (χ0) is 39.6. The minimum absolute atomic E-state index is 0.361. The van der Waals surface area contributed by atoms with Crippen molar-refractivity contribution in [2.75, 3.05) is 6.61 Å². The highest BCUT2D eigenvalue weighted by Crippen LogP contribution is 2.16. The summed E-state index contributed by atoms with van der Waals surface area (Å²) >= 11 is 0. The van der Waals surface area contributed by atoms with Gasteiger partial charge >= 0.3 is 0 Å². The Balaban J connectivity index is 3.80. The standard InChI is InChI=1S/C48H91NO5/c1-3-5-7-9-11-13-15-17-19-21-22-23-24-25-26-28-29-31-33-35-37-39-41-45(51)47(53)44(43-50)49-48(54)46(52)42-40-38-36-34-32-30-27-20-18-16-14-12-10-8-6-4-2/h22-23,26,28,33,35,44-47,50-53H,3-21,24-25,27,29-32,34,36-43H2,1-2H3,(H,49,54)/b23-22+,28-26+,35-33+. The zero-order valence-corrected chi connectivity index (χ0v) is 35.7. The van der Waals surface area contributed by atoms with E-state index in [2.05, 4.69) is 55.6 Å². The predicted molar refractivity (Wildman–Crippen MR) is 233 cm³/mol. The highest BCUT2D eigenvalue weighted by Gasteiger charge is 2.28. The Hall–Kier alpha value is -1.47. The quantitative estimate of drug-likeness (QED) is 0.0314. The molecular weight excluding hydrogens is 671 g/mol. The lowest BCUT2D eigenvalue weighted by Crippen LogP contribution is -2.53. The summed E-state index contributed by atoms with van der Waals surface area (Å²) in [5.74, 6) is -0.598. The van der Waals surface area contributed by atoms with Crippen molar-refractivity contribution in [1.29, 1.82) is 0 Å². The van der Waals surface area contributed by atoms with Gasteiger partial charge in [0, 0.05) is 0 Å². The van der Waals surface area contributed by atoms with Crippen molar-refractivity contribution in [3.8, 4) is 0 Å². The number of allylic oxidation sites excluding steroid dienone is 6. The Morgan fingerprint density at radius 3 is 1.17 bits per heavy atom. The molecule has 318 valence electrons. The summed E-state index contributed by atoms with van der Waals surface area (Å²) in [7, 11) is 0. The smallest absolute Gasteiger partial charge is 0.249 e. The molecular formula is C48H91NO5. The molecule has 0 aliphatic heterocycles. The fourth-order valence-electron chi connectivity index (χ4n) is 7.08. The number of aliphatic hydroxyl groups excluding tert-OH is 4. The molecule has 0 aromatic carbocycles. The summed E-state index contributed by atoms with van der Waals surface area (Å²) < 4.78 is 0. The lowest BCUT2D eigenvalue weighted by atomic mass is 10.00. The number of hydrogen-bond donors (Lipinski definition) is 5. The van der Waals surface area contributed by atoms with Gasteiger partial charge in [-0.2, -0.15) is 0 Å². The summed E-state index contributed by atoms with van der Waals surface area (Å²) in [5, 5.41) is 43.7. The second kappa shape index (κ2) is 42.7. The summed E-state index contributed by atoms with van der Waals surface area (Å²) in [6.07, 6.45) is 50.4. The van der Waals surface area contributed by atoms with Crippen LogP contribution in [0.2, 0.25) is 0 Å². The van der Waals surface area contributed by atoms with E-state index in [-0.39, 0.29) is 0 Å². The number of unbranched alkanes of at least 4 members (excludes halogenated alkanes) is 27. The Kier molecular flexibility index (Phi) is 41.5. The third-order valence-corrected chi connectivity index (χ3v) is 10.8.